The fourth-order valence-electron chi connectivity index (χ4n) is 3.50. The van der Waals surface area contributed by atoms with Crippen molar-refractivity contribution < 1.29 is 19.1 Å². The molecule has 4 rings (SSSR count). The van der Waals surface area contributed by atoms with Crippen molar-refractivity contribution in [2.45, 2.75) is 18.2 Å². The summed E-state index contributed by atoms with van der Waals surface area (Å²) in [7, 11) is 3.13. The largest absolute Gasteiger partial charge is 0.497 e. The number of carbonyl (C=O) groups excluding carboxylic acids is 2. The molecule has 1 atom stereocenters. The summed E-state index contributed by atoms with van der Waals surface area (Å²) >= 11 is 7.27. The number of halogens is 1. The summed E-state index contributed by atoms with van der Waals surface area (Å²) in [5, 5.41) is 3.30. The zero-order valence-electron chi connectivity index (χ0n) is 19.2. The van der Waals surface area contributed by atoms with Crippen LogP contribution in [0.1, 0.15) is 12.0 Å². The first-order chi connectivity index (χ1) is 17.0. The average Bonchev–Trinajstić information content (AvgIpc) is 2.87. The van der Waals surface area contributed by atoms with E-state index >= 15 is 0 Å². The lowest BCUT2D eigenvalue weighted by Crippen LogP contribution is -2.44. The molecule has 1 unspecified atom stereocenters. The van der Waals surface area contributed by atoms with Gasteiger partial charge in [-0.05, 0) is 54.1 Å². The standard InChI is InChI=1S/C26H24ClN3O4S/c1-33-20-13-11-19(12-14-20)28-26-30(16-17-7-9-18(27)10-8-17)24(31)15-23(35-26)25(32)29-21-5-3-4-6-22(21)34-2/h3-14,23H,15-16H2,1-2H3,(H,29,32). The van der Waals surface area contributed by atoms with Crippen LogP contribution in [0.3, 0.4) is 0 Å². The normalized spacial score (nSPS) is 16.8. The van der Waals surface area contributed by atoms with E-state index in [0.717, 1.165) is 5.56 Å². The number of carbonyl (C=O) groups is 2. The van der Waals surface area contributed by atoms with Crippen LogP contribution < -0.4 is 14.8 Å². The second kappa shape index (κ2) is 11.3. The van der Waals surface area contributed by atoms with Gasteiger partial charge in [-0.2, -0.15) is 0 Å². The van der Waals surface area contributed by atoms with E-state index in [-0.39, 0.29) is 18.2 Å². The Bertz CT molecular complexity index is 1230. The molecule has 0 saturated carbocycles. The summed E-state index contributed by atoms with van der Waals surface area (Å²) in [6, 6.07) is 21.6. The predicted octanol–water partition coefficient (Wildman–Crippen LogP) is 5.52. The van der Waals surface area contributed by atoms with Crippen molar-refractivity contribution in [1.82, 2.24) is 4.90 Å². The van der Waals surface area contributed by atoms with Gasteiger partial charge >= 0.3 is 0 Å². The lowest BCUT2D eigenvalue weighted by atomic mass is 10.2. The third-order valence-corrected chi connectivity index (χ3v) is 6.79. The molecule has 1 N–H and O–H groups in total. The molecule has 0 radical (unpaired) electrons. The van der Waals surface area contributed by atoms with E-state index in [1.165, 1.54) is 18.9 Å². The Balaban J connectivity index is 1.60. The van der Waals surface area contributed by atoms with Crippen LogP contribution in [0.25, 0.3) is 0 Å². The van der Waals surface area contributed by atoms with Crippen LogP contribution in [0.2, 0.25) is 5.02 Å². The number of amidine groups is 1. The first-order valence-electron chi connectivity index (χ1n) is 10.8. The van der Waals surface area contributed by atoms with Crippen LogP contribution in [0, 0.1) is 0 Å². The molecule has 1 saturated heterocycles. The van der Waals surface area contributed by atoms with Crippen molar-refractivity contribution in [2.75, 3.05) is 19.5 Å². The number of rotatable bonds is 7. The van der Waals surface area contributed by atoms with Gasteiger partial charge in [-0.15, -0.1) is 0 Å². The zero-order valence-corrected chi connectivity index (χ0v) is 20.8. The summed E-state index contributed by atoms with van der Waals surface area (Å²) in [5.41, 5.74) is 2.10. The summed E-state index contributed by atoms with van der Waals surface area (Å²) in [6.45, 7) is 0.318. The number of nitrogens with one attached hydrogen (secondary N) is 1. The Kier molecular flexibility index (Phi) is 7.94. The Morgan fingerprint density at radius 1 is 1.06 bits per heavy atom. The topological polar surface area (TPSA) is 80.2 Å². The number of ether oxygens (including phenoxy) is 2. The minimum absolute atomic E-state index is 0.0425. The van der Waals surface area contributed by atoms with E-state index in [9.17, 15) is 9.59 Å². The molecule has 1 heterocycles. The number of thioether (sulfide) groups is 1. The molecule has 35 heavy (non-hydrogen) atoms. The quantitative estimate of drug-likeness (QED) is 0.453. The molecule has 9 heteroatoms. The van der Waals surface area contributed by atoms with Crippen LogP contribution in [0.15, 0.2) is 77.8 Å². The fraction of sp³-hybridized carbons (Fsp3) is 0.192. The maximum atomic E-state index is 13.2. The molecule has 7 nitrogen and oxygen atoms in total. The van der Waals surface area contributed by atoms with Gasteiger partial charge in [0.2, 0.25) is 11.8 Å². The smallest absolute Gasteiger partial charge is 0.238 e. The molecule has 1 fully saturated rings. The van der Waals surface area contributed by atoms with Crippen LogP contribution in [-0.2, 0) is 16.1 Å². The van der Waals surface area contributed by atoms with Gasteiger partial charge < -0.3 is 14.8 Å². The lowest BCUT2D eigenvalue weighted by Gasteiger charge is -2.32. The number of methoxy groups -OCH3 is 2. The molecule has 3 aromatic rings. The Morgan fingerprint density at radius 3 is 2.46 bits per heavy atom. The van der Waals surface area contributed by atoms with Gasteiger partial charge in [-0.25, -0.2) is 4.99 Å². The molecule has 0 aromatic heterocycles. The highest BCUT2D eigenvalue weighted by Gasteiger charge is 2.36. The Morgan fingerprint density at radius 2 is 1.77 bits per heavy atom. The first kappa shape index (κ1) is 24.6. The number of para-hydroxylation sites is 2. The highest BCUT2D eigenvalue weighted by molar-refractivity contribution is 8.15. The van der Waals surface area contributed by atoms with Crippen LogP contribution in [0.5, 0.6) is 11.5 Å². The first-order valence-corrected chi connectivity index (χ1v) is 12.1. The number of amides is 2. The van der Waals surface area contributed by atoms with Gasteiger partial charge in [-0.3, -0.25) is 14.5 Å². The summed E-state index contributed by atoms with van der Waals surface area (Å²) < 4.78 is 10.5. The number of hydrogen-bond acceptors (Lipinski definition) is 6. The summed E-state index contributed by atoms with van der Waals surface area (Å²) in [6.07, 6.45) is 0.0425. The molecule has 1 aliphatic rings. The maximum Gasteiger partial charge on any atom is 0.238 e. The molecule has 180 valence electrons. The predicted molar refractivity (Wildman–Crippen MR) is 140 cm³/mol. The van der Waals surface area contributed by atoms with Crippen LogP contribution in [-0.4, -0.2) is 41.4 Å². The molecule has 0 spiro atoms. The van der Waals surface area contributed by atoms with Crippen LogP contribution >= 0.6 is 23.4 Å². The van der Waals surface area contributed by atoms with E-state index in [2.05, 4.69) is 5.32 Å². The molecular formula is C26H24ClN3O4S. The third-order valence-electron chi connectivity index (χ3n) is 5.35. The number of aliphatic imine (C=N–C) groups is 1. The van der Waals surface area contributed by atoms with Gasteiger partial charge in [0.15, 0.2) is 5.17 Å². The third kappa shape index (κ3) is 6.15. The SMILES string of the molecule is COc1ccc(N=C2SC(C(=O)Nc3ccccc3OC)CC(=O)N2Cc2ccc(Cl)cc2)cc1. The number of anilines is 1. The van der Waals surface area contributed by atoms with E-state index < -0.39 is 5.25 Å². The average molecular weight is 510 g/mol. The highest BCUT2D eigenvalue weighted by atomic mass is 35.5. The molecule has 1 aliphatic heterocycles. The minimum Gasteiger partial charge on any atom is -0.497 e. The van der Waals surface area contributed by atoms with Gasteiger partial charge in [0.25, 0.3) is 0 Å². The summed E-state index contributed by atoms with van der Waals surface area (Å²) in [5.74, 6) is 0.769. The van der Waals surface area contributed by atoms with Crippen molar-refractivity contribution in [3.63, 3.8) is 0 Å². The van der Waals surface area contributed by atoms with Crippen molar-refractivity contribution in [1.29, 1.82) is 0 Å². The number of benzene rings is 3. The van der Waals surface area contributed by atoms with E-state index in [1.807, 2.05) is 24.3 Å². The maximum absolute atomic E-state index is 13.2. The number of nitrogens with zero attached hydrogens (tertiary/aromatic N) is 2. The van der Waals surface area contributed by atoms with Crippen molar-refractivity contribution in [2.24, 2.45) is 4.99 Å². The van der Waals surface area contributed by atoms with Crippen molar-refractivity contribution in [3.05, 3.63) is 83.4 Å². The molecule has 3 aromatic carbocycles. The molecular weight excluding hydrogens is 486 g/mol. The Hall–Kier alpha value is -3.49. The fourth-order valence-corrected chi connectivity index (χ4v) is 4.72. The van der Waals surface area contributed by atoms with E-state index in [1.54, 1.807) is 60.5 Å². The molecule has 0 aliphatic carbocycles. The second-order valence-electron chi connectivity index (χ2n) is 7.70. The van der Waals surface area contributed by atoms with Gasteiger partial charge in [-0.1, -0.05) is 47.6 Å². The van der Waals surface area contributed by atoms with E-state index in [4.69, 9.17) is 26.1 Å². The van der Waals surface area contributed by atoms with Crippen molar-refractivity contribution in [3.8, 4) is 11.5 Å². The Labute approximate surface area is 213 Å². The highest BCUT2D eigenvalue weighted by Crippen LogP contribution is 2.32. The van der Waals surface area contributed by atoms with Gasteiger partial charge in [0.05, 0.1) is 32.1 Å². The van der Waals surface area contributed by atoms with E-state index in [0.29, 0.717) is 39.6 Å². The number of hydrogen-bond donors (Lipinski definition) is 1. The zero-order chi connectivity index (χ0) is 24.8. The second-order valence-corrected chi connectivity index (χ2v) is 9.31. The molecule has 0 bridgehead atoms. The van der Waals surface area contributed by atoms with Gasteiger partial charge in [0.1, 0.15) is 16.7 Å². The van der Waals surface area contributed by atoms with Gasteiger partial charge in [0, 0.05) is 11.4 Å². The molecule has 2 amide bonds. The summed E-state index contributed by atoms with van der Waals surface area (Å²) in [4.78, 5) is 32.7. The lowest BCUT2D eigenvalue weighted by molar-refractivity contribution is -0.129. The van der Waals surface area contributed by atoms with Crippen molar-refractivity contribution >= 4 is 51.7 Å². The monoisotopic (exact) mass is 509 g/mol. The van der Waals surface area contributed by atoms with Crippen LogP contribution in [0.4, 0.5) is 11.4 Å². The minimum atomic E-state index is -0.647.